The number of rotatable bonds is 5. The van der Waals surface area contributed by atoms with E-state index < -0.39 is 0 Å². The summed E-state index contributed by atoms with van der Waals surface area (Å²) in [6.45, 7) is 0. The molecule has 7 rings (SSSR count). The highest BCUT2D eigenvalue weighted by Gasteiger charge is 2.51. The lowest BCUT2D eigenvalue weighted by atomic mass is 9.48. The Morgan fingerprint density at radius 3 is 2.06 bits per heavy atom. The number of aromatic nitrogens is 1. The number of hydrogen-bond donors (Lipinski definition) is 2. The first-order valence-electron chi connectivity index (χ1n) is 11.8. The average molecular weight is 411 g/mol. The summed E-state index contributed by atoms with van der Waals surface area (Å²) in [4.78, 5) is 17.0. The Labute approximate surface area is 184 Å². The van der Waals surface area contributed by atoms with Crippen molar-refractivity contribution in [2.75, 3.05) is 5.32 Å². The number of anilines is 1. The van der Waals surface area contributed by atoms with Gasteiger partial charge in [-0.2, -0.15) is 0 Å². The standard InChI is InChI=1S/C28H30N2O/c31-27(29-23-9-5-2-6-10-23)24-14-25(22-7-3-1-4-8-22)30-26(24)18-28-15-19-11-20(16-28)13-21(12-19)17-28/h1-10,14,19-21,30H,11-13,15-18H2,(H,29,31). The largest absolute Gasteiger partial charge is 0.358 e. The van der Waals surface area contributed by atoms with E-state index in [1.807, 2.05) is 36.4 Å². The highest BCUT2D eigenvalue weighted by atomic mass is 16.1. The number of amides is 1. The Bertz CT molecular complexity index is 1050. The molecule has 0 atom stereocenters. The van der Waals surface area contributed by atoms with Crippen LogP contribution in [0.5, 0.6) is 0 Å². The minimum atomic E-state index is -0.00985. The van der Waals surface area contributed by atoms with Gasteiger partial charge in [0.1, 0.15) is 0 Å². The zero-order valence-electron chi connectivity index (χ0n) is 17.9. The van der Waals surface area contributed by atoms with Gasteiger partial charge in [-0.1, -0.05) is 48.5 Å². The normalized spacial score (nSPS) is 28.6. The van der Waals surface area contributed by atoms with Gasteiger partial charge in [0.05, 0.1) is 5.56 Å². The fourth-order valence-electron chi connectivity index (χ4n) is 7.21. The second kappa shape index (κ2) is 7.40. The predicted molar refractivity (Wildman–Crippen MR) is 125 cm³/mol. The van der Waals surface area contributed by atoms with Gasteiger partial charge in [-0.25, -0.2) is 0 Å². The molecule has 4 aliphatic carbocycles. The summed E-state index contributed by atoms with van der Waals surface area (Å²) < 4.78 is 0. The summed E-state index contributed by atoms with van der Waals surface area (Å²) in [6.07, 6.45) is 9.37. The van der Waals surface area contributed by atoms with Crippen LogP contribution in [0, 0.1) is 23.2 Å². The van der Waals surface area contributed by atoms with Crippen LogP contribution in [-0.2, 0) is 6.42 Å². The molecule has 4 saturated carbocycles. The molecular weight excluding hydrogens is 380 g/mol. The van der Waals surface area contributed by atoms with E-state index in [9.17, 15) is 4.79 Å². The van der Waals surface area contributed by atoms with Crippen LogP contribution in [-0.4, -0.2) is 10.9 Å². The van der Waals surface area contributed by atoms with Crippen LogP contribution in [0.4, 0.5) is 5.69 Å². The number of benzene rings is 2. The zero-order valence-corrected chi connectivity index (χ0v) is 17.9. The molecule has 2 N–H and O–H groups in total. The van der Waals surface area contributed by atoms with Crippen LogP contribution in [0.25, 0.3) is 11.3 Å². The molecule has 0 radical (unpaired) electrons. The van der Waals surface area contributed by atoms with Crippen molar-refractivity contribution in [1.29, 1.82) is 0 Å². The van der Waals surface area contributed by atoms with Crippen LogP contribution in [0.2, 0.25) is 0 Å². The monoisotopic (exact) mass is 410 g/mol. The van der Waals surface area contributed by atoms with E-state index in [-0.39, 0.29) is 5.91 Å². The molecule has 158 valence electrons. The minimum absolute atomic E-state index is 0.00985. The molecule has 31 heavy (non-hydrogen) atoms. The van der Waals surface area contributed by atoms with E-state index in [0.29, 0.717) is 5.41 Å². The van der Waals surface area contributed by atoms with Crippen LogP contribution < -0.4 is 5.32 Å². The lowest BCUT2D eigenvalue weighted by Crippen LogP contribution is -2.47. The maximum Gasteiger partial charge on any atom is 0.257 e. The Hall–Kier alpha value is -2.81. The van der Waals surface area contributed by atoms with Gasteiger partial charge in [0.25, 0.3) is 5.91 Å². The summed E-state index contributed by atoms with van der Waals surface area (Å²) in [5.74, 6) is 2.73. The zero-order chi connectivity index (χ0) is 20.8. The van der Waals surface area contributed by atoms with Crippen molar-refractivity contribution in [2.45, 2.75) is 44.9 Å². The molecule has 0 spiro atoms. The summed E-state index contributed by atoms with van der Waals surface area (Å²) in [6, 6.07) is 22.2. The van der Waals surface area contributed by atoms with Gasteiger partial charge >= 0.3 is 0 Å². The Morgan fingerprint density at radius 1 is 0.871 bits per heavy atom. The highest BCUT2D eigenvalue weighted by Crippen LogP contribution is 2.61. The predicted octanol–water partition coefficient (Wildman–Crippen LogP) is 6.69. The molecule has 4 fully saturated rings. The van der Waals surface area contributed by atoms with Crippen molar-refractivity contribution in [3.63, 3.8) is 0 Å². The van der Waals surface area contributed by atoms with Crippen molar-refractivity contribution in [2.24, 2.45) is 23.2 Å². The first kappa shape index (κ1) is 18.9. The summed E-state index contributed by atoms with van der Waals surface area (Å²) in [5, 5.41) is 3.11. The quantitative estimate of drug-likeness (QED) is 0.483. The van der Waals surface area contributed by atoms with Gasteiger partial charge in [-0.3, -0.25) is 4.79 Å². The van der Waals surface area contributed by atoms with Crippen molar-refractivity contribution >= 4 is 11.6 Å². The molecular formula is C28H30N2O. The third kappa shape index (κ3) is 3.60. The number of hydrogen-bond acceptors (Lipinski definition) is 1. The van der Waals surface area contributed by atoms with Gasteiger partial charge in [0.15, 0.2) is 0 Å². The van der Waals surface area contributed by atoms with Gasteiger partial charge in [0, 0.05) is 17.1 Å². The SMILES string of the molecule is O=C(Nc1ccccc1)c1cc(-c2ccccc2)[nH]c1CC12CC3CC(CC(C3)C1)C2. The lowest BCUT2D eigenvalue weighted by Gasteiger charge is -2.57. The van der Waals surface area contributed by atoms with Gasteiger partial charge in [-0.05, 0) is 91.9 Å². The summed E-state index contributed by atoms with van der Waals surface area (Å²) >= 11 is 0. The molecule has 1 aromatic heterocycles. The molecule has 4 bridgehead atoms. The molecule has 0 saturated heterocycles. The van der Waals surface area contributed by atoms with E-state index in [4.69, 9.17) is 0 Å². The van der Waals surface area contributed by atoms with Crippen molar-refractivity contribution in [3.05, 3.63) is 78.0 Å². The summed E-state index contributed by atoms with van der Waals surface area (Å²) in [7, 11) is 0. The smallest absolute Gasteiger partial charge is 0.257 e. The second-order valence-corrected chi connectivity index (χ2v) is 10.4. The van der Waals surface area contributed by atoms with Gasteiger partial charge in [-0.15, -0.1) is 0 Å². The van der Waals surface area contributed by atoms with Crippen molar-refractivity contribution in [3.8, 4) is 11.3 Å². The van der Waals surface area contributed by atoms with Crippen LogP contribution in [0.15, 0.2) is 66.7 Å². The third-order valence-electron chi connectivity index (χ3n) is 7.98. The van der Waals surface area contributed by atoms with Crippen LogP contribution in [0.3, 0.4) is 0 Å². The van der Waals surface area contributed by atoms with Crippen LogP contribution in [0.1, 0.15) is 54.6 Å². The van der Waals surface area contributed by atoms with E-state index in [0.717, 1.165) is 52.4 Å². The highest BCUT2D eigenvalue weighted by molar-refractivity contribution is 6.06. The maximum atomic E-state index is 13.3. The first-order valence-corrected chi connectivity index (χ1v) is 11.8. The third-order valence-corrected chi connectivity index (χ3v) is 7.98. The number of carbonyl (C=O) groups excluding carboxylic acids is 1. The molecule has 3 aromatic rings. The van der Waals surface area contributed by atoms with E-state index in [1.54, 1.807) is 0 Å². The van der Waals surface area contributed by atoms with E-state index in [2.05, 4.69) is 40.6 Å². The second-order valence-electron chi connectivity index (χ2n) is 10.4. The molecule has 1 amide bonds. The van der Waals surface area contributed by atoms with Gasteiger partial charge in [0.2, 0.25) is 0 Å². The molecule has 0 unspecified atom stereocenters. The molecule has 2 aromatic carbocycles. The summed E-state index contributed by atoms with van der Waals surface area (Å²) in [5.41, 5.74) is 5.32. The topological polar surface area (TPSA) is 44.9 Å². The number of nitrogens with one attached hydrogen (secondary N) is 2. The fourth-order valence-corrected chi connectivity index (χ4v) is 7.21. The van der Waals surface area contributed by atoms with E-state index >= 15 is 0 Å². The number of aromatic amines is 1. The van der Waals surface area contributed by atoms with Crippen LogP contribution >= 0.6 is 0 Å². The molecule has 3 heteroatoms. The number of carbonyl (C=O) groups is 1. The number of H-pyrrole nitrogens is 1. The fraction of sp³-hybridized carbons (Fsp3) is 0.393. The molecule has 0 aliphatic heterocycles. The Morgan fingerprint density at radius 2 is 1.45 bits per heavy atom. The molecule has 3 nitrogen and oxygen atoms in total. The van der Waals surface area contributed by atoms with Gasteiger partial charge < -0.3 is 10.3 Å². The Balaban J connectivity index is 1.34. The Kier molecular flexibility index (Phi) is 4.52. The first-order chi connectivity index (χ1) is 15.2. The average Bonchev–Trinajstić information content (AvgIpc) is 3.17. The van der Waals surface area contributed by atoms with Crippen molar-refractivity contribution in [1.82, 2.24) is 4.98 Å². The lowest BCUT2D eigenvalue weighted by molar-refractivity contribution is -0.0526. The minimum Gasteiger partial charge on any atom is -0.358 e. The molecule has 4 aliphatic rings. The van der Waals surface area contributed by atoms with Crippen molar-refractivity contribution < 1.29 is 4.79 Å². The maximum absolute atomic E-state index is 13.3. The number of para-hydroxylation sites is 1. The molecule has 1 heterocycles. The van der Waals surface area contributed by atoms with E-state index in [1.165, 1.54) is 38.5 Å².